The van der Waals surface area contributed by atoms with Gasteiger partial charge >= 0.3 is 0 Å². The van der Waals surface area contributed by atoms with Crippen molar-refractivity contribution in [1.29, 1.82) is 0 Å². The van der Waals surface area contributed by atoms with Crippen molar-refractivity contribution in [2.24, 2.45) is 11.3 Å². The minimum atomic E-state index is 0.191. The lowest BCUT2D eigenvalue weighted by Gasteiger charge is -2.27. The second-order valence-electron chi connectivity index (χ2n) is 8.64. The number of allylic oxidation sites excluding steroid dienone is 3. The van der Waals surface area contributed by atoms with Gasteiger partial charge in [-0.25, -0.2) is 0 Å². The van der Waals surface area contributed by atoms with Crippen molar-refractivity contribution in [1.82, 2.24) is 0 Å². The Morgan fingerprint density at radius 3 is 2.39 bits per heavy atom. The second kappa shape index (κ2) is 9.06. The molecule has 132 valence electrons. The van der Waals surface area contributed by atoms with Gasteiger partial charge in [0.1, 0.15) is 0 Å². The Bertz CT molecular complexity index is 390. The normalized spacial score (nSPS) is 24.7. The summed E-state index contributed by atoms with van der Waals surface area (Å²) in [5.74, 6) is 0.913. The molecule has 1 atom stereocenters. The van der Waals surface area contributed by atoms with Crippen molar-refractivity contribution < 1.29 is 4.74 Å². The molecule has 0 N–H and O–H groups in total. The summed E-state index contributed by atoms with van der Waals surface area (Å²) in [6.45, 7) is 12.4. The molecule has 23 heavy (non-hydrogen) atoms. The van der Waals surface area contributed by atoms with Crippen LogP contribution in [0.5, 0.6) is 0 Å². The van der Waals surface area contributed by atoms with Crippen LogP contribution < -0.4 is 0 Å². The molecule has 1 nitrogen and oxygen atoms in total. The SMILES string of the molecule is C=C(/C=C(\C)CC1CCCCCC1)C(C)(C)CCC1CCCO1. The molecule has 1 heterocycles. The highest BCUT2D eigenvalue weighted by molar-refractivity contribution is 5.25. The smallest absolute Gasteiger partial charge is 0.0576 e. The van der Waals surface area contributed by atoms with Crippen molar-refractivity contribution in [2.45, 2.75) is 97.5 Å². The molecule has 1 aliphatic heterocycles. The van der Waals surface area contributed by atoms with E-state index in [9.17, 15) is 0 Å². The maximum atomic E-state index is 5.78. The molecular weight excluding hydrogens is 280 g/mol. The molecular formula is C22H38O. The summed E-state index contributed by atoms with van der Waals surface area (Å²) in [6, 6.07) is 0. The number of ether oxygens (including phenoxy) is 1. The van der Waals surface area contributed by atoms with E-state index < -0.39 is 0 Å². The van der Waals surface area contributed by atoms with Crippen molar-refractivity contribution in [2.75, 3.05) is 6.61 Å². The Morgan fingerprint density at radius 2 is 1.78 bits per heavy atom. The molecule has 1 aliphatic carbocycles. The topological polar surface area (TPSA) is 9.23 Å². The lowest BCUT2D eigenvalue weighted by atomic mass is 9.78. The molecule has 0 amide bonds. The predicted octanol–water partition coefficient (Wildman–Crippen LogP) is 6.83. The average molecular weight is 319 g/mol. The lowest BCUT2D eigenvalue weighted by molar-refractivity contribution is 0.0951. The Labute approximate surface area is 144 Å². The van der Waals surface area contributed by atoms with Gasteiger partial charge < -0.3 is 4.74 Å². The van der Waals surface area contributed by atoms with Crippen molar-refractivity contribution in [3.05, 3.63) is 23.8 Å². The van der Waals surface area contributed by atoms with E-state index in [2.05, 4.69) is 33.4 Å². The van der Waals surface area contributed by atoms with E-state index in [-0.39, 0.29) is 5.41 Å². The molecule has 2 rings (SSSR count). The minimum Gasteiger partial charge on any atom is -0.378 e. The summed E-state index contributed by atoms with van der Waals surface area (Å²) in [6.07, 6.45) is 17.7. The van der Waals surface area contributed by atoms with Crippen molar-refractivity contribution in [3.8, 4) is 0 Å². The van der Waals surface area contributed by atoms with Crippen LogP contribution in [-0.4, -0.2) is 12.7 Å². The predicted molar refractivity (Wildman–Crippen MR) is 101 cm³/mol. The zero-order valence-electron chi connectivity index (χ0n) is 15.8. The molecule has 1 unspecified atom stereocenters. The number of hydrogen-bond donors (Lipinski definition) is 0. The van der Waals surface area contributed by atoms with Crippen LogP contribution in [0, 0.1) is 11.3 Å². The van der Waals surface area contributed by atoms with Gasteiger partial charge in [0.05, 0.1) is 6.10 Å². The number of rotatable bonds is 7. The quantitative estimate of drug-likeness (QED) is 0.369. The monoisotopic (exact) mass is 318 g/mol. The zero-order valence-corrected chi connectivity index (χ0v) is 15.8. The summed E-state index contributed by atoms with van der Waals surface area (Å²) >= 11 is 0. The van der Waals surface area contributed by atoms with Crippen molar-refractivity contribution >= 4 is 0 Å². The van der Waals surface area contributed by atoms with Crippen LogP contribution in [-0.2, 0) is 4.74 Å². The molecule has 0 radical (unpaired) electrons. The van der Waals surface area contributed by atoms with E-state index in [1.165, 1.54) is 81.8 Å². The van der Waals surface area contributed by atoms with E-state index >= 15 is 0 Å². The fourth-order valence-corrected chi connectivity index (χ4v) is 4.13. The van der Waals surface area contributed by atoms with Crippen LogP contribution >= 0.6 is 0 Å². The van der Waals surface area contributed by atoms with Crippen LogP contribution in [0.15, 0.2) is 23.8 Å². The van der Waals surface area contributed by atoms with Crippen LogP contribution in [0.4, 0.5) is 0 Å². The summed E-state index contributed by atoms with van der Waals surface area (Å²) in [5, 5.41) is 0. The first-order valence-corrected chi connectivity index (χ1v) is 9.95. The summed E-state index contributed by atoms with van der Waals surface area (Å²) < 4.78 is 5.78. The summed E-state index contributed by atoms with van der Waals surface area (Å²) in [4.78, 5) is 0. The standard InChI is InChI=1S/C22H38O/c1-18(17-20-10-7-5-6-8-11-20)16-19(2)22(3,4)14-13-21-12-9-15-23-21/h16,20-21H,2,5-15,17H2,1,3-4H3/b18-16+. The van der Waals surface area contributed by atoms with Gasteiger partial charge in [-0.2, -0.15) is 0 Å². The fourth-order valence-electron chi connectivity index (χ4n) is 4.13. The first-order chi connectivity index (χ1) is 11.0. The third-order valence-corrected chi connectivity index (χ3v) is 5.99. The molecule has 2 aliphatic rings. The third-order valence-electron chi connectivity index (χ3n) is 5.99. The van der Waals surface area contributed by atoms with Crippen LogP contribution in [0.25, 0.3) is 0 Å². The van der Waals surface area contributed by atoms with Gasteiger partial charge in [0.2, 0.25) is 0 Å². The molecule has 0 spiro atoms. The highest BCUT2D eigenvalue weighted by atomic mass is 16.5. The molecule has 0 aromatic rings. The van der Waals surface area contributed by atoms with E-state index in [1.54, 1.807) is 0 Å². The van der Waals surface area contributed by atoms with Gasteiger partial charge in [0.25, 0.3) is 0 Å². The zero-order chi connectivity index (χ0) is 16.7. The molecule has 0 aromatic carbocycles. The molecule has 1 heteroatoms. The van der Waals surface area contributed by atoms with E-state index in [4.69, 9.17) is 4.74 Å². The molecule has 0 bridgehead atoms. The van der Waals surface area contributed by atoms with Crippen LogP contribution in [0.2, 0.25) is 0 Å². The van der Waals surface area contributed by atoms with Crippen molar-refractivity contribution in [3.63, 3.8) is 0 Å². The third kappa shape index (κ3) is 6.45. The minimum absolute atomic E-state index is 0.191. The van der Waals surface area contributed by atoms with Gasteiger partial charge in [-0.3, -0.25) is 0 Å². The van der Waals surface area contributed by atoms with Gasteiger partial charge in [0, 0.05) is 6.61 Å². The molecule has 0 aromatic heterocycles. The first kappa shape index (κ1) is 18.8. The Balaban J connectivity index is 1.81. The Hall–Kier alpha value is -0.560. The summed E-state index contributed by atoms with van der Waals surface area (Å²) in [5.41, 5.74) is 3.03. The molecule has 2 fully saturated rings. The van der Waals surface area contributed by atoms with E-state index in [1.807, 2.05) is 0 Å². The second-order valence-corrected chi connectivity index (χ2v) is 8.64. The van der Waals surface area contributed by atoms with Gasteiger partial charge in [-0.15, -0.1) is 0 Å². The first-order valence-electron chi connectivity index (χ1n) is 9.95. The van der Waals surface area contributed by atoms with Gasteiger partial charge in [0.15, 0.2) is 0 Å². The molecule has 1 saturated heterocycles. The summed E-state index contributed by atoms with van der Waals surface area (Å²) in [7, 11) is 0. The van der Waals surface area contributed by atoms with E-state index in [0.29, 0.717) is 6.10 Å². The van der Waals surface area contributed by atoms with Crippen LogP contribution in [0.1, 0.15) is 91.4 Å². The van der Waals surface area contributed by atoms with Crippen LogP contribution in [0.3, 0.4) is 0 Å². The maximum absolute atomic E-state index is 5.78. The Kier molecular flexibility index (Phi) is 7.40. The maximum Gasteiger partial charge on any atom is 0.0576 e. The highest BCUT2D eigenvalue weighted by Crippen LogP contribution is 2.35. The largest absolute Gasteiger partial charge is 0.378 e. The highest BCUT2D eigenvalue weighted by Gasteiger charge is 2.24. The molecule has 1 saturated carbocycles. The fraction of sp³-hybridized carbons (Fsp3) is 0.818. The lowest BCUT2D eigenvalue weighted by Crippen LogP contribution is -2.17. The van der Waals surface area contributed by atoms with Gasteiger partial charge in [-0.05, 0) is 55.9 Å². The number of hydrogen-bond acceptors (Lipinski definition) is 1. The van der Waals surface area contributed by atoms with E-state index in [0.717, 1.165) is 12.5 Å². The Morgan fingerprint density at radius 1 is 1.09 bits per heavy atom. The van der Waals surface area contributed by atoms with Gasteiger partial charge in [-0.1, -0.05) is 70.6 Å². The average Bonchev–Trinajstić information content (AvgIpc) is 2.90.